The summed E-state index contributed by atoms with van der Waals surface area (Å²) >= 11 is 0. The van der Waals surface area contributed by atoms with Crippen LogP contribution in [-0.4, -0.2) is 31.1 Å². The lowest BCUT2D eigenvalue weighted by atomic mass is 10.2. The van der Waals surface area contributed by atoms with Crippen LogP contribution in [0.25, 0.3) is 0 Å². The van der Waals surface area contributed by atoms with Gasteiger partial charge in [0.2, 0.25) is 0 Å². The normalized spacial score (nSPS) is 17.6. The summed E-state index contributed by atoms with van der Waals surface area (Å²) in [7, 11) is 0. The Labute approximate surface area is 117 Å². The van der Waals surface area contributed by atoms with Crippen molar-refractivity contribution in [3.05, 3.63) is 29.8 Å². The highest BCUT2D eigenvalue weighted by atomic mass is 16.5. The van der Waals surface area contributed by atoms with Gasteiger partial charge in [0.05, 0.1) is 6.61 Å². The van der Waals surface area contributed by atoms with Gasteiger partial charge in [-0.2, -0.15) is 0 Å². The highest BCUT2D eigenvalue weighted by molar-refractivity contribution is 5.95. The topological polar surface area (TPSA) is 76.7 Å². The summed E-state index contributed by atoms with van der Waals surface area (Å²) in [6, 6.07) is 6.69. The zero-order valence-electron chi connectivity index (χ0n) is 11.3. The van der Waals surface area contributed by atoms with E-state index >= 15 is 0 Å². The van der Waals surface area contributed by atoms with Crippen molar-refractivity contribution >= 4 is 11.8 Å². The number of rotatable bonds is 4. The molecule has 1 aromatic rings. The van der Waals surface area contributed by atoms with Crippen LogP contribution in [0, 0.1) is 0 Å². The van der Waals surface area contributed by atoms with Gasteiger partial charge in [-0.15, -0.1) is 0 Å². The predicted molar refractivity (Wildman–Crippen MR) is 72.2 cm³/mol. The van der Waals surface area contributed by atoms with Crippen LogP contribution in [0.4, 0.5) is 0 Å². The Kier molecular flexibility index (Phi) is 4.95. The van der Waals surface area contributed by atoms with Gasteiger partial charge in [0.1, 0.15) is 11.9 Å². The lowest BCUT2D eigenvalue weighted by Crippen LogP contribution is -2.46. The summed E-state index contributed by atoms with van der Waals surface area (Å²) in [5.41, 5.74) is 5.18. The van der Waals surface area contributed by atoms with Crippen molar-refractivity contribution in [3.63, 3.8) is 0 Å². The minimum Gasteiger partial charge on any atom is -0.494 e. The first-order valence-corrected chi connectivity index (χ1v) is 6.65. The summed E-state index contributed by atoms with van der Waals surface area (Å²) in [6.07, 6.45) is 1.09. The third-order valence-electron chi connectivity index (χ3n) is 2.95. The third kappa shape index (κ3) is 3.71. The number of carbonyl (C=O) groups is 2. The number of hydrogen-bond donors (Lipinski definition) is 2. The van der Waals surface area contributed by atoms with E-state index in [4.69, 9.17) is 9.47 Å². The maximum absolute atomic E-state index is 11.8. The molecule has 6 nitrogen and oxygen atoms in total. The molecule has 108 valence electrons. The van der Waals surface area contributed by atoms with Gasteiger partial charge in [0.25, 0.3) is 11.8 Å². The second kappa shape index (κ2) is 6.91. The molecule has 6 heteroatoms. The van der Waals surface area contributed by atoms with Crippen molar-refractivity contribution in [1.82, 2.24) is 10.9 Å². The largest absolute Gasteiger partial charge is 0.494 e. The second-order valence-corrected chi connectivity index (χ2v) is 4.40. The van der Waals surface area contributed by atoms with Gasteiger partial charge < -0.3 is 9.47 Å². The maximum Gasteiger partial charge on any atom is 0.269 e. The third-order valence-corrected chi connectivity index (χ3v) is 2.95. The van der Waals surface area contributed by atoms with Crippen LogP contribution >= 0.6 is 0 Å². The van der Waals surface area contributed by atoms with E-state index in [1.165, 1.54) is 0 Å². The number of carbonyl (C=O) groups excluding carboxylic acids is 2. The highest BCUT2D eigenvalue weighted by Gasteiger charge is 2.23. The van der Waals surface area contributed by atoms with E-state index in [2.05, 4.69) is 10.9 Å². The van der Waals surface area contributed by atoms with E-state index < -0.39 is 6.10 Å². The number of hydrazine groups is 1. The predicted octanol–water partition coefficient (Wildman–Crippen LogP) is 1.03. The summed E-state index contributed by atoms with van der Waals surface area (Å²) in [6.45, 7) is 3.05. The molecule has 1 aromatic carbocycles. The molecule has 0 spiro atoms. The number of benzene rings is 1. The Morgan fingerprint density at radius 1 is 1.30 bits per heavy atom. The molecule has 2 rings (SSSR count). The molecule has 0 bridgehead atoms. The number of ether oxygens (including phenoxy) is 2. The number of nitrogens with one attached hydrogen (secondary N) is 2. The molecule has 0 radical (unpaired) electrons. The summed E-state index contributed by atoms with van der Waals surface area (Å²) in [4.78, 5) is 23.5. The van der Waals surface area contributed by atoms with Gasteiger partial charge >= 0.3 is 0 Å². The van der Waals surface area contributed by atoms with Gasteiger partial charge in [-0.25, -0.2) is 0 Å². The molecule has 0 aromatic heterocycles. The van der Waals surface area contributed by atoms with Gasteiger partial charge in [-0.05, 0) is 44.0 Å². The number of hydrogen-bond acceptors (Lipinski definition) is 4. The molecule has 0 saturated carbocycles. The Morgan fingerprint density at radius 3 is 2.65 bits per heavy atom. The average Bonchev–Trinajstić information content (AvgIpc) is 3.00. The first-order valence-electron chi connectivity index (χ1n) is 6.65. The maximum atomic E-state index is 11.8. The molecule has 1 atom stereocenters. The lowest BCUT2D eigenvalue weighted by Gasteiger charge is -2.11. The molecule has 2 N–H and O–H groups in total. The van der Waals surface area contributed by atoms with Crippen LogP contribution in [0.5, 0.6) is 5.75 Å². The van der Waals surface area contributed by atoms with Crippen molar-refractivity contribution in [2.24, 2.45) is 0 Å². The van der Waals surface area contributed by atoms with Crippen LogP contribution in [-0.2, 0) is 9.53 Å². The molecule has 2 amide bonds. The molecule has 0 aliphatic carbocycles. The zero-order valence-corrected chi connectivity index (χ0v) is 11.3. The Bertz CT molecular complexity index is 467. The molecular weight excluding hydrogens is 260 g/mol. The van der Waals surface area contributed by atoms with Crippen molar-refractivity contribution in [2.45, 2.75) is 25.9 Å². The van der Waals surface area contributed by atoms with Gasteiger partial charge in [-0.3, -0.25) is 20.4 Å². The molecule has 1 saturated heterocycles. The van der Waals surface area contributed by atoms with E-state index in [1.54, 1.807) is 24.3 Å². The van der Waals surface area contributed by atoms with Crippen LogP contribution in [0.3, 0.4) is 0 Å². The summed E-state index contributed by atoms with van der Waals surface area (Å²) in [5, 5.41) is 0. The fraction of sp³-hybridized carbons (Fsp3) is 0.429. The van der Waals surface area contributed by atoms with E-state index in [0.29, 0.717) is 30.9 Å². The van der Waals surface area contributed by atoms with Crippen LogP contribution in [0.2, 0.25) is 0 Å². The fourth-order valence-electron chi connectivity index (χ4n) is 1.92. The van der Waals surface area contributed by atoms with Crippen LogP contribution < -0.4 is 15.6 Å². The van der Waals surface area contributed by atoms with E-state index in [1.807, 2.05) is 6.92 Å². The monoisotopic (exact) mass is 278 g/mol. The molecule has 1 aliphatic rings. The molecular formula is C14H18N2O4. The summed E-state index contributed by atoms with van der Waals surface area (Å²) in [5.74, 6) is 0.00798. The van der Waals surface area contributed by atoms with Gasteiger partial charge in [0.15, 0.2) is 0 Å². The minimum absolute atomic E-state index is 0.318. The fourth-order valence-corrected chi connectivity index (χ4v) is 1.92. The molecule has 1 unspecified atom stereocenters. The van der Waals surface area contributed by atoms with E-state index in [9.17, 15) is 9.59 Å². The first-order chi connectivity index (χ1) is 9.70. The quantitative estimate of drug-likeness (QED) is 0.806. The molecule has 1 aliphatic heterocycles. The SMILES string of the molecule is CCOc1ccc(C(=O)NNC(=O)C2CCCO2)cc1. The lowest BCUT2D eigenvalue weighted by molar-refractivity contribution is -0.130. The van der Waals surface area contributed by atoms with Crippen molar-refractivity contribution < 1.29 is 19.1 Å². The first kappa shape index (κ1) is 14.3. The summed E-state index contributed by atoms with van der Waals surface area (Å²) < 4.78 is 10.5. The van der Waals surface area contributed by atoms with Crippen molar-refractivity contribution in [1.29, 1.82) is 0 Å². The van der Waals surface area contributed by atoms with Gasteiger partial charge in [0, 0.05) is 12.2 Å². The minimum atomic E-state index is -0.462. The van der Waals surface area contributed by atoms with Crippen molar-refractivity contribution in [2.75, 3.05) is 13.2 Å². The standard InChI is InChI=1S/C14H18N2O4/c1-2-19-11-7-5-10(6-8-11)13(17)15-16-14(18)12-4-3-9-20-12/h5-8,12H,2-4,9H2,1H3,(H,15,17)(H,16,18). The Balaban J connectivity index is 1.83. The smallest absolute Gasteiger partial charge is 0.269 e. The number of amides is 2. The van der Waals surface area contributed by atoms with Gasteiger partial charge in [-0.1, -0.05) is 0 Å². The van der Waals surface area contributed by atoms with Crippen LogP contribution in [0.15, 0.2) is 24.3 Å². The average molecular weight is 278 g/mol. The zero-order chi connectivity index (χ0) is 14.4. The van der Waals surface area contributed by atoms with Crippen LogP contribution in [0.1, 0.15) is 30.1 Å². The van der Waals surface area contributed by atoms with Crippen molar-refractivity contribution in [3.8, 4) is 5.75 Å². The molecule has 20 heavy (non-hydrogen) atoms. The Hall–Kier alpha value is -2.08. The van der Waals surface area contributed by atoms with E-state index in [-0.39, 0.29) is 11.8 Å². The second-order valence-electron chi connectivity index (χ2n) is 4.40. The molecule has 1 heterocycles. The Morgan fingerprint density at radius 2 is 2.05 bits per heavy atom. The van der Waals surface area contributed by atoms with E-state index in [0.717, 1.165) is 6.42 Å². The molecule has 1 fully saturated rings. The highest BCUT2D eigenvalue weighted by Crippen LogP contribution is 2.12.